The Morgan fingerprint density at radius 3 is 2.62 bits per heavy atom. The van der Waals surface area contributed by atoms with E-state index in [0.29, 0.717) is 44.0 Å². The topological polar surface area (TPSA) is 152 Å². The first kappa shape index (κ1) is 35.5. The van der Waals surface area contributed by atoms with Gasteiger partial charge in [-0.1, -0.05) is 75.8 Å². The molecule has 0 aromatic carbocycles. The van der Waals surface area contributed by atoms with Gasteiger partial charge in [-0.3, -0.25) is 4.79 Å². The Balaban J connectivity index is 1.17. The highest BCUT2D eigenvalue weighted by molar-refractivity contribution is 5.70. The van der Waals surface area contributed by atoms with Crippen LogP contribution < -0.4 is 11.1 Å². The summed E-state index contributed by atoms with van der Waals surface area (Å²) in [4.78, 5) is 15.7. The number of aliphatic carboxylic acids is 1. The Morgan fingerprint density at radius 1 is 1.06 bits per heavy atom. The number of dihydropyridines is 1. The second-order valence-corrected chi connectivity index (χ2v) is 15.0. The van der Waals surface area contributed by atoms with Crippen molar-refractivity contribution in [3.8, 4) is 0 Å². The van der Waals surface area contributed by atoms with E-state index in [1.807, 2.05) is 30.5 Å². The van der Waals surface area contributed by atoms with Crippen molar-refractivity contribution in [3.63, 3.8) is 0 Å². The number of aromatic amines is 1. The van der Waals surface area contributed by atoms with Crippen LogP contribution in [0.3, 0.4) is 0 Å². The molecule has 10 unspecified atom stereocenters. The molecule has 0 bridgehead atoms. The molecule has 1 aliphatic heterocycles. The van der Waals surface area contributed by atoms with Crippen molar-refractivity contribution in [2.24, 2.45) is 47.2 Å². The van der Waals surface area contributed by atoms with E-state index in [4.69, 9.17) is 5.73 Å². The number of hydrogen-bond donors (Lipinski definition) is 7. The van der Waals surface area contributed by atoms with Crippen LogP contribution in [0.2, 0.25) is 0 Å². The number of carboxylic acid groups (broad SMARTS) is 1. The van der Waals surface area contributed by atoms with Gasteiger partial charge in [0.1, 0.15) is 0 Å². The number of carbonyl (C=O) groups is 1. The molecule has 1 saturated carbocycles. The predicted octanol–water partition coefficient (Wildman–Crippen LogP) is 5.98. The maximum Gasteiger partial charge on any atom is 0.309 e. The van der Waals surface area contributed by atoms with Crippen LogP contribution in [0.5, 0.6) is 0 Å². The number of H-pyrrole nitrogens is 1. The number of rotatable bonds is 17. The molecule has 8 N–H and O–H groups in total. The van der Waals surface area contributed by atoms with Gasteiger partial charge in [0.2, 0.25) is 0 Å². The fourth-order valence-electron chi connectivity index (χ4n) is 9.06. The van der Waals surface area contributed by atoms with Crippen LogP contribution in [-0.4, -0.2) is 55.7 Å². The van der Waals surface area contributed by atoms with E-state index in [9.17, 15) is 25.2 Å². The van der Waals surface area contributed by atoms with Gasteiger partial charge in [0.15, 0.2) is 0 Å². The zero-order valence-electron chi connectivity index (χ0n) is 28.3. The first-order chi connectivity index (χ1) is 22.7. The molecule has 1 fully saturated rings. The number of allylic oxidation sites excluding steroid dienone is 3. The molecule has 3 aliphatic carbocycles. The molecule has 47 heavy (non-hydrogen) atoms. The van der Waals surface area contributed by atoms with Gasteiger partial charge in [-0.25, -0.2) is 0 Å². The monoisotopic (exact) mass is 649 g/mol. The average molecular weight is 650 g/mol. The molecule has 8 heteroatoms. The lowest BCUT2D eigenvalue weighted by molar-refractivity contribution is -0.148. The summed E-state index contributed by atoms with van der Waals surface area (Å²) < 4.78 is 0. The van der Waals surface area contributed by atoms with Crippen LogP contribution in [-0.2, 0) is 11.2 Å². The fourth-order valence-corrected chi connectivity index (χ4v) is 9.06. The Hall–Kier alpha value is -2.81. The van der Waals surface area contributed by atoms with Gasteiger partial charge in [0, 0.05) is 36.2 Å². The molecule has 0 saturated heterocycles. The number of aliphatic hydroxyl groups is 3. The summed E-state index contributed by atoms with van der Waals surface area (Å²) in [5, 5.41) is 47.9. The Bertz CT molecular complexity index is 1270. The Labute approximate surface area is 281 Å². The molecule has 0 spiro atoms. The minimum atomic E-state index is -1.07. The van der Waals surface area contributed by atoms with Crippen LogP contribution >= 0.6 is 0 Å². The predicted molar refractivity (Wildman–Crippen MR) is 186 cm³/mol. The van der Waals surface area contributed by atoms with E-state index in [1.165, 1.54) is 24.8 Å². The highest BCUT2D eigenvalue weighted by atomic mass is 16.4. The summed E-state index contributed by atoms with van der Waals surface area (Å²) in [6.45, 7) is 2.91. The summed E-state index contributed by atoms with van der Waals surface area (Å²) >= 11 is 0. The fraction of sp³-hybridized carbons (Fsp3) is 0.667. The molecule has 0 amide bonds. The zero-order chi connectivity index (χ0) is 33.4. The number of hydrogen-bond acceptors (Lipinski definition) is 6. The van der Waals surface area contributed by atoms with Gasteiger partial charge < -0.3 is 36.5 Å². The van der Waals surface area contributed by atoms with Gasteiger partial charge in [-0.05, 0) is 92.9 Å². The number of aliphatic hydroxyl groups excluding tert-OH is 2. The van der Waals surface area contributed by atoms with E-state index in [1.54, 1.807) is 0 Å². The van der Waals surface area contributed by atoms with Crippen molar-refractivity contribution in [1.82, 2.24) is 10.3 Å². The molecular weight excluding hydrogens is 590 g/mol. The van der Waals surface area contributed by atoms with Gasteiger partial charge >= 0.3 is 5.97 Å². The third-order valence-electron chi connectivity index (χ3n) is 11.7. The van der Waals surface area contributed by atoms with Crippen LogP contribution in [0.15, 0.2) is 66.2 Å². The molecule has 5 rings (SSSR count). The Morgan fingerprint density at radius 2 is 1.89 bits per heavy atom. The first-order valence-electron chi connectivity index (χ1n) is 18.4. The minimum Gasteiger partial charge on any atom is -0.481 e. The van der Waals surface area contributed by atoms with Gasteiger partial charge in [0.25, 0.3) is 0 Å². The third kappa shape index (κ3) is 9.01. The molecule has 8 nitrogen and oxygen atoms in total. The van der Waals surface area contributed by atoms with E-state index < -0.39 is 29.5 Å². The lowest BCUT2D eigenvalue weighted by atomic mass is 9.68. The van der Waals surface area contributed by atoms with Crippen LogP contribution in [0, 0.1) is 41.4 Å². The Kier molecular flexibility index (Phi) is 12.5. The number of carboxylic acids is 1. The van der Waals surface area contributed by atoms with Crippen molar-refractivity contribution >= 4 is 5.97 Å². The van der Waals surface area contributed by atoms with Gasteiger partial charge in [-0.15, -0.1) is 0 Å². The summed E-state index contributed by atoms with van der Waals surface area (Å²) in [6.07, 6.45) is 25.4. The third-order valence-corrected chi connectivity index (χ3v) is 11.7. The molecule has 4 aliphatic rings. The van der Waals surface area contributed by atoms with Crippen LogP contribution in [0.1, 0.15) is 96.1 Å². The van der Waals surface area contributed by atoms with Crippen molar-refractivity contribution < 1.29 is 25.2 Å². The van der Waals surface area contributed by atoms with E-state index >= 15 is 0 Å². The van der Waals surface area contributed by atoms with E-state index in [0.717, 1.165) is 50.6 Å². The number of unbranched alkanes of at least 4 members (excludes halogenated alkanes) is 4. The van der Waals surface area contributed by atoms with Crippen LogP contribution in [0.4, 0.5) is 0 Å². The standard InChI is InChI=1S/C39H59N3O5/c1-2-3-5-9-26-13-14-28(35(43)21-26)10-6-4-7-12-33(38(45)46)37(44)29-15-16-34-30(20-27-17-19-42-36(40)22-27)23-31(39(34,47)25-29)24-32-11-8-18-41-32/h8,11,13-18,22,26,28-31,33-35,37,41-44,47H,2-7,9-10,12,19-21,23-25,40H2,1H3,(H,45,46). The number of nitrogens with one attached hydrogen (secondary N) is 2. The highest BCUT2D eigenvalue weighted by Gasteiger charge is 2.55. The summed E-state index contributed by atoms with van der Waals surface area (Å²) in [6, 6.07) is 4.02. The maximum atomic E-state index is 12.4. The second kappa shape index (κ2) is 16.5. The maximum absolute atomic E-state index is 12.4. The van der Waals surface area contributed by atoms with Crippen molar-refractivity contribution in [2.75, 3.05) is 6.54 Å². The molecule has 1 aromatic heterocycles. The first-order valence-corrected chi connectivity index (χ1v) is 18.4. The zero-order valence-corrected chi connectivity index (χ0v) is 28.3. The lowest BCUT2D eigenvalue weighted by Gasteiger charge is -2.42. The SMILES string of the molecule is CCCCCC1C=CC(CCCCCC(C(=O)O)C(O)C2C=CC3C(CC4=CCNC(N)=C4)CC(Cc4ccc[nH]4)C3(O)C2)C(O)C1. The number of fused-ring (bicyclic) bond motifs is 1. The smallest absolute Gasteiger partial charge is 0.309 e. The quantitative estimate of drug-likeness (QED) is 0.0810. The normalized spacial score (nSPS) is 33.1. The van der Waals surface area contributed by atoms with Gasteiger partial charge in [0.05, 0.1) is 29.5 Å². The summed E-state index contributed by atoms with van der Waals surface area (Å²) in [7, 11) is 0. The molecule has 1 aromatic rings. The van der Waals surface area contributed by atoms with Crippen molar-refractivity contribution in [3.05, 3.63) is 71.9 Å². The average Bonchev–Trinajstić information content (AvgIpc) is 3.65. The number of nitrogens with two attached hydrogens (primary N) is 1. The van der Waals surface area contributed by atoms with Crippen molar-refractivity contribution in [2.45, 2.75) is 115 Å². The molecule has 260 valence electrons. The van der Waals surface area contributed by atoms with Gasteiger partial charge in [-0.2, -0.15) is 0 Å². The second-order valence-electron chi connectivity index (χ2n) is 15.0. The number of aromatic nitrogens is 1. The summed E-state index contributed by atoms with van der Waals surface area (Å²) in [5.41, 5.74) is 7.26. The molecule has 2 heterocycles. The largest absolute Gasteiger partial charge is 0.481 e. The minimum absolute atomic E-state index is 0.0153. The van der Waals surface area contributed by atoms with Crippen LogP contribution in [0.25, 0.3) is 0 Å². The molecule has 0 radical (unpaired) electrons. The molecule has 10 atom stereocenters. The lowest BCUT2D eigenvalue weighted by Crippen LogP contribution is -2.48. The van der Waals surface area contributed by atoms with E-state index in [-0.39, 0.29) is 29.8 Å². The highest BCUT2D eigenvalue weighted by Crippen LogP contribution is 2.54. The van der Waals surface area contributed by atoms with Crippen molar-refractivity contribution in [1.29, 1.82) is 0 Å². The van der Waals surface area contributed by atoms with E-state index in [2.05, 4.69) is 41.5 Å². The summed E-state index contributed by atoms with van der Waals surface area (Å²) in [5.74, 6) is -0.839. The molecular formula is C39H59N3O5.